The van der Waals surface area contributed by atoms with Gasteiger partial charge in [0, 0.05) is 0 Å². The van der Waals surface area contributed by atoms with Gasteiger partial charge in [0.1, 0.15) is 0 Å². The lowest BCUT2D eigenvalue weighted by atomic mass is 10.0. The zero-order valence-corrected chi connectivity index (χ0v) is 8.34. The zero-order valence-electron chi connectivity index (χ0n) is 7.52. The summed E-state index contributed by atoms with van der Waals surface area (Å²) in [6.45, 7) is 4.63. The minimum Gasteiger partial charge on any atom is -0.165 e. The van der Waals surface area contributed by atoms with Crippen molar-refractivity contribution in [1.82, 2.24) is 0 Å². The van der Waals surface area contributed by atoms with Crippen molar-refractivity contribution in [3.63, 3.8) is 0 Å². The highest BCUT2D eigenvalue weighted by Gasteiger charge is 1.98. The number of thioether (sulfide) groups is 1. The van der Waals surface area contributed by atoms with E-state index in [-0.39, 0.29) is 0 Å². The van der Waals surface area contributed by atoms with Crippen LogP contribution in [0.3, 0.4) is 0 Å². The minimum atomic E-state index is 0.956. The van der Waals surface area contributed by atoms with Gasteiger partial charge in [-0.2, -0.15) is 11.8 Å². The van der Waals surface area contributed by atoms with E-state index in [4.69, 9.17) is 0 Å². The molecule has 0 saturated heterocycles. The summed E-state index contributed by atoms with van der Waals surface area (Å²) >= 11 is 1.96. The highest BCUT2D eigenvalue weighted by molar-refractivity contribution is 7.98. The molecule has 0 aromatic carbocycles. The minimum absolute atomic E-state index is 0.956. The Labute approximate surface area is 69.8 Å². The Balaban J connectivity index is 2.97. The Kier molecular flexibility index (Phi) is 7.72. The molecule has 10 heavy (non-hydrogen) atoms. The molecule has 0 fully saturated rings. The maximum atomic E-state index is 2.36. The molecule has 0 aliphatic rings. The van der Waals surface area contributed by atoms with Gasteiger partial charge in [0.15, 0.2) is 0 Å². The lowest BCUT2D eigenvalue weighted by Crippen LogP contribution is -1.94. The Bertz CT molecular complexity index is 61.7. The Morgan fingerprint density at radius 2 is 2.00 bits per heavy atom. The monoisotopic (exact) mass is 160 g/mol. The molecule has 0 N–H and O–H groups in total. The van der Waals surface area contributed by atoms with Crippen LogP contribution in [0.1, 0.15) is 39.5 Å². The fourth-order valence-corrected chi connectivity index (χ4v) is 1.67. The van der Waals surface area contributed by atoms with Crippen LogP contribution in [0, 0.1) is 5.92 Å². The first-order valence-electron chi connectivity index (χ1n) is 4.30. The number of hydrogen-bond donors (Lipinski definition) is 0. The predicted molar refractivity (Wildman–Crippen MR) is 51.7 cm³/mol. The first kappa shape index (κ1) is 10.3. The molecule has 62 valence electrons. The van der Waals surface area contributed by atoms with Crippen LogP contribution in [0.5, 0.6) is 0 Å². The molecule has 0 aliphatic carbocycles. The van der Waals surface area contributed by atoms with Crippen molar-refractivity contribution in [1.29, 1.82) is 0 Å². The summed E-state index contributed by atoms with van der Waals surface area (Å²) < 4.78 is 0. The fraction of sp³-hybridized carbons (Fsp3) is 1.00. The van der Waals surface area contributed by atoms with E-state index in [9.17, 15) is 0 Å². The van der Waals surface area contributed by atoms with Crippen molar-refractivity contribution in [2.75, 3.05) is 12.0 Å². The van der Waals surface area contributed by atoms with Crippen LogP contribution in [-0.2, 0) is 0 Å². The smallest absolute Gasteiger partial charge is 0.00702 e. The molecule has 0 nitrogen and oxygen atoms in total. The van der Waals surface area contributed by atoms with E-state index in [1.807, 2.05) is 11.8 Å². The lowest BCUT2D eigenvalue weighted by Gasteiger charge is -2.07. The molecule has 0 aromatic heterocycles. The Hall–Kier alpha value is 0.350. The Morgan fingerprint density at radius 3 is 2.50 bits per heavy atom. The summed E-state index contributed by atoms with van der Waals surface area (Å²) in [5.74, 6) is 2.30. The van der Waals surface area contributed by atoms with Crippen molar-refractivity contribution in [2.45, 2.75) is 39.5 Å². The third-order valence-corrected chi connectivity index (χ3v) is 2.52. The van der Waals surface area contributed by atoms with E-state index >= 15 is 0 Å². The van der Waals surface area contributed by atoms with Gasteiger partial charge in [-0.15, -0.1) is 0 Å². The van der Waals surface area contributed by atoms with Gasteiger partial charge in [-0.3, -0.25) is 0 Å². The van der Waals surface area contributed by atoms with Gasteiger partial charge in [-0.25, -0.2) is 0 Å². The van der Waals surface area contributed by atoms with Gasteiger partial charge in [-0.1, -0.05) is 26.7 Å². The zero-order chi connectivity index (χ0) is 7.82. The maximum absolute atomic E-state index is 2.36. The van der Waals surface area contributed by atoms with E-state index in [0.29, 0.717) is 0 Å². The van der Waals surface area contributed by atoms with Crippen molar-refractivity contribution >= 4 is 11.8 Å². The number of rotatable bonds is 6. The largest absolute Gasteiger partial charge is 0.165 e. The van der Waals surface area contributed by atoms with Gasteiger partial charge in [0.25, 0.3) is 0 Å². The second-order valence-corrected chi connectivity index (χ2v) is 4.01. The summed E-state index contributed by atoms with van der Waals surface area (Å²) in [5.41, 5.74) is 0. The summed E-state index contributed by atoms with van der Waals surface area (Å²) in [5, 5.41) is 0. The summed E-state index contributed by atoms with van der Waals surface area (Å²) in [7, 11) is 0. The van der Waals surface area contributed by atoms with Crippen molar-refractivity contribution in [3.05, 3.63) is 0 Å². The highest BCUT2D eigenvalue weighted by Crippen LogP contribution is 2.13. The quantitative estimate of drug-likeness (QED) is 0.535. The van der Waals surface area contributed by atoms with Crippen LogP contribution in [0.2, 0.25) is 0 Å². The first-order chi connectivity index (χ1) is 4.81. The molecule has 0 radical (unpaired) electrons. The SMILES string of the molecule is CCCC(C)CCCSC. The molecule has 0 heterocycles. The third kappa shape index (κ3) is 6.47. The summed E-state index contributed by atoms with van der Waals surface area (Å²) in [6.07, 6.45) is 7.77. The normalized spacial score (nSPS) is 13.5. The first-order valence-corrected chi connectivity index (χ1v) is 5.69. The van der Waals surface area contributed by atoms with Crippen molar-refractivity contribution in [3.8, 4) is 0 Å². The summed E-state index contributed by atoms with van der Waals surface area (Å²) in [4.78, 5) is 0. The van der Waals surface area contributed by atoms with Gasteiger partial charge in [0.05, 0.1) is 0 Å². The van der Waals surface area contributed by atoms with Gasteiger partial charge < -0.3 is 0 Å². The molecule has 0 rings (SSSR count). The standard InChI is InChI=1S/C9H20S/c1-4-6-9(2)7-5-8-10-3/h9H,4-8H2,1-3H3. The molecule has 0 bridgehead atoms. The van der Waals surface area contributed by atoms with Gasteiger partial charge in [-0.05, 0) is 30.8 Å². The van der Waals surface area contributed by atoms with Crippen LogP contribution >= 0.6 is 11.8 Å². The molecule has 0 spiro atoms. The second-order valence-electron chi connectivity index (χ2n) is 3.03. The third-order valence-electron chi connectivity index (χ3n) is 1.83. The molecule has 1 atom stereocenters. The molecule has 1 unspecified atom stereocenters. The molecule has 1 heteroatoms. The topological polar surface area (TPSA) is 0 Å². The molecule has 0 amide bonds. The average Bonchev–Trinajstić information content (AvgIpc) is 1.89. The average molecular weight is 160 g/mol. The molecule has 0 aliphatic heterocycles. The highest BCUT2D eigenvalue weighted by atomic mass is 32.2. The van der Waals surface area contributed by atoms with Crippen LogP contribution in [0.25, 0.3) is 0 Å². The molecular weight excluding hydrogens is 140 g/mol. The maximum Gasteiger partial charge on any atom is -0.00702 e. The van der Waals surface area contributed by atoms with E-state index in [0.717, 1.165) is 5.92 Å². The fourth-order valence-electron chi connectivity index (χ4n) is 1.21. The summed E-state index contributed by atoms with van der Waals surface area (Å²) in [6, 6.07) is 0. The molecule has 0 saturated carbocycles. The predicted octanol–water partition coefficient (Wildman–Crippen LogP) is 3.57. The van der Waals surface area contributed by atoms with Crippen molar-refractivity contribution in [2.24, 2.45) is 5.92 Å². The molecular formula is C9H20S. The van der Waals surface area contributed by atoms with Crippen LogP contribution in [0.4, 0.5) is 0 Å². The van der Waals surface area contributed by atoms with E-state index in [1.165, 1.54) is 31.4 Å². The Morgan fingerprint density at radius 1 is 1.30 bits per heavy atom. The molecule has 0 aromatic rings. The van der Waals surface area contributed by atoms with Crippen molar-refractivity contribution < 1.29 is 0 Å². The number of hydrogen-bond acceptors (Lipinski definition) is 1. The second kappa shape index (κ2) is 7.46. The lowest BCUT2D eigenvalue weighted by molar-refractivity contribution is 0.482. The van der Waals surface area contributed by atoms with E-state index in [2.05, 4.69) is 20.1 Å². The van der Waals surface area contributed by atoms with Gasteiger partial charge in [0.2, 0.25) is 0 Å². The van der Waals surface area contributed by atoms with Crippen LogP contribution in [0.15, 0.2) is 0 Å². The van der Waals surface area contributed by atoms with E-state index in [1.54, 1.807) is 0 Å². The van der Waals surface area contributed by atoms with Crippen LogP contribution in [-0.4, -0.2) is 12.0 Å². The van der Waals surface area contributed by atoms with E-state index < -0.39 is 0 Å². The van der Waals surface area contributed by atoms with Crippen LogP contribution < -0.4 is 0 Å². The van der Waals surface area contributed by atoms with Gasteiger partial charge >= 0.3 is 0 Å².